The highest BCUT2D eigenvalue weighted by molar-refractivity contribution is 9.11. The second-order valence-corrected chi connectivity index (χ2v) is 6.83. The minimum absolute atomic E-state index is 0.738. The van der Waals surface area contributed by atoms with Crippen LogP contribution < -0.4 is 10.2 Å². The van der Waals surface area contributed by atoms with Gasteiger partial charge >= 0.3 is 0 Å². The van der Waals surface area contributed by atoms with Gasteiger partial charge in [-0.1, -0.05) is 48.6 Å². The van der Waals surface area contributed by atoms with Crippen LogP contribution in [0.15, 0.2) is 68.5 Å². The number of hydrogen-bond donors (Lipinski definition) is 1. The number of benzene rings is 2. The van der Waals surface area contributed by atoms with Crippen LogP contribution >= 0.6 is 31.9 Å². The second-order valence-electron chi connectivity index (χ2n) is 5.13. The highest BCUT2D eigenvalue weighted by Gasteiger charge is 2.19. The quantitative estimate of drug-likeness (QED) is 0.755. The van der Waals surface area contributed by atoms with E-state index in [1.807, 2.05) is 36.4 Å². The Hall–Kier alpha value is -1.59. The zero-order chi connectivity index (χ0) is 16.1. The van der Waals surface area contributed by atoms with Crippen molar-refractivity contribution in [3.8, 4) is 0 Å². The van der Waals surface area contributed by atoms with E-state index in [4.69, 9.17) is 0 Å². The molecule has 3 rings (SSSR count). The van der Waals surface area contributed by atoms with Crippen LogP contribution in [0.3, 0.4) is 0 Å². The van der Waals surface area contributed by atoms with Crippen molar-refractivity contribution in [1.29, 1.82) is 0 Å². The molecule has 2 aromatic carbocycles. The van der Waals surface area contributed by atoms with Crippen LogP contribution in [0.1, 0.15) is 5.56 Å². The Morgan fingerprint density at radius 1 is 1.04 bits per heavy atom. The number of nitrogens with one attached hydrogen (secondary N) is 1. The average molecular weight is 435 g/mol. The maximum Gasteiger partial charge on any atom is 0.198 e. The average Bonchev–Trinajstić information content (AvgIpc) is 3.08. The van der Waals surface area contributed by atoms with Crippen LogP contribution in [0.25, 0.3) is 6.08 Å². The molecule has 1 aliphatic heterocycles. The summed E-state index contributed by atoms with van der Waals surface area (Å²) in [5, 5.41) is 3.36. The largest absolute Gasteiger partial charge is 0.354 e. The van der Waals surface area contributed by atoms with Crippen molar-refractivity contribution in [2.45, 2.75) is 0 Å². The number of guanidine groups is 1. The van der Waals surface area contributed by atoms with Crippen LogP contribution in [0.5, 0.6) is 0 Å². The minimum atomic E-state index is 0.738. The van der Waals surface area contributed by atoms with Gasteiger partial charge in [-0.15, -0.1) is 0 Å². The van der Waals surface area contributed by atoms with Gasteiger partial charge in [-0.3, -0.25) is 4.99 Å². The summed E-state index contributed by atoms with van der Waals surface area (Å²) in [7, 11) is 0. The summed E-state index contributed by atoms with van der Waals surface area (Å²) in [6.45, 7) is 2.44. The molecule has 0 fully saturated rings. The molecule has 23 heavy (non-hydrogen) atoms. The number of aliphatic imine (C=N–C) groups is 1. The summed E-state index contributed by atoms with van der Waals surface area (Å²) < 4.78 is 2.08. The van der Waals surface area contributed by atoms with Gasteiger partial charge in [-0.2, -0.15) is 0 Å². The number of hydrogen-bond acceptors (Lipinski definition) is 3. The first-order chi connectivity index (χ1) is 11.3. The number of halogens is 2. The van der Waals surface area contributed by atoms with Gasteiger partial charge in [0, 0.05) is 22.0 Å². The smallest absolute Gasteiger partial charge is 0.198 e. The molecular formula is C18H17Br2N3. The van der Waals surface area contributed by atoms with Crippen molar-refractivity contribution < 1.29 is 0 Å². The van der Waals surface area contributed by atoms with Crippen molar-refractivity contribution in [2.75, 3.05) is 24.5 Å². The Kier molecular flexibility index (Phi) is 5.51. The monoisotopic (exact) mass is 433 g/mol. The minimum Gasteiger partial charge on any atom is -0.354 e. The van der Waals surface area contributed by atoms with E-state index in [0.29, 0.717) is 0 Å². The lowest BCUT2D eigenvalue weighted by atomic mass is 10.2. The lowest BCUT2D eigenvalue weighted by molar-refractivity contribution is 0.944. The van der Waals surface area contributed by atoms with Crippen LogP contribution in [-0.4, -0.2) is 25.6 Å². The Morgan fingerprint density at radius 2 is 1.78 bits per heavy atom. The maximum atomic E-state index is 4.58. The molecule has 0 saturated carbocycles. The molecule has 0 amide bonds. The summed E-state index contributed by atoms with van der Waals surface area (Å²) >= 11 is 7.31. The number of nitrogens with zero attached hydrogens (tertiary/aromatic N) is 2. The first-order valence-electron chi connectivity index (χ1n) is 7.47. The lowest BCUT2D eigenvalue weighted by Gasteiger charge is -2.25. The molecule has 118 valence electrons. The van der Waals surface area contributed by atoms with Gasteiger partial charge in [-0.25, -0.2) is 0 Å². The molecule has 0 saturated heterocycles. The van der Waals surface area contributed by atoms with Crippen LogP contribution in [-0.2, 0) is 0 Å². The molecule has 2 aromatic rings. The fraction of sp³-hybridized carbons (Fsp3) is 0.167. The summed E-state index contributed by atoms with van der Waals surface area (Å²) in [4.78, 5) is 6.76. The molecule has 0 aliphatic carbocycles. The molecule has 1 aliphatic rings. The third-order valence-corrected chi connectivity index (χ3v) is 4.80. The molecule has 5 heteroatoms. The van der Waals surface area contributed by atoms with Crippen molar-refractivity contribution in [1.82, 2.24) is 5.32 Å². The summed E-state index contributed by atoms with van der Waals surface area (Å²) in [6.07, 6.45) is 4.29. The third kappa shape index (κ3) is 4.03. The molecule has 0 spiro atoms. The standard InChI is InChI=1S/C18H17Br2N3/c19-15-9-4-10-16(20)17(15)23(18-21-11-12-22-18)13-5-8-14-6-2-1-3-7-14/h1-10H,11-13H2,(H,21,22). The number of para-hydroxylation sites is 1. The van der Waals surface area contributed by atoms with Gasteiger partial charge in [-0.05, 0) is 49.6 Å². The molecule has 0 radical (unpaired) electrons. The Labute approximate surface area is 153 Å². The molecule has 3 nitrogen and oxygen atoms in total. The van der Waals surface area contributed by atoms with E-state index < -0.39 is 0 Å². The molecule has 1 N–H and O–H groups in total. The normalized spacial score (nSPS) is 13.9. The zero-order valence-corrected chi connectivity index (χ0v) is 15.7. The van der Waals surface area contributed by atoms with Gasteiger partial charge in [0.05, 0.1) is 12.2 Å². The fourth-order valence-electron chi connectivity index (χ4n) is 2.46. The van der Waals surface area contributed by atoms with Gasteiger partial charge in [0.1, 0.15) is 0 Å². The van der Waals surface area contributed by atoms with E-state index in [1.54, 1.807) is 0 Å². The molecule has 0 atom stereocenters. The maximum absolute atomic E-state index is 4.58. The molecule has 0 bridgehead atoms. The van der Waals surface area contributed by atoms with E-state index in [-0.39, 0.29) is 0 Å². The Balaban J connectivity index is 1.86. The zero-order valence-electron chi connectivity index (χ0n) is 12.5. The molecular weight excluding hydrogens is 418 g/mol. The van der Waals surface area contributed by atoms with Gasteiger partial charge in [0.25, 0.3) is 0 Å². The van der Waals surface area contributed by atoms with E-state index in [1.165, 1.54) is 5.56 Å². The van der Waals surface area contributed by atoms with Gasteiger partial charge < -0.3 is 10.2 Å². The van der Waals surface area contributed by atoms with Crippen molar-refractivity contribution in [2.24, 2.45) is 4.99 Å². The van der Waals surface area contributed by atoms with Crippen LogP contribution in [0.2, 0.25) is 0 Å². The van der Waals surface area contributed by atoms with Crippen LogP contribution in [0.4, 0.5) is 5.69 Å². The van der Waals surface area contributed by atoms with Crippen molar-refractivity contribution in [3.63, 3.8) is 0 Å². The highest BCUT2D eigenvalue weighted by atomic mass is 79.9. The van der Waals surface area contributed by atoms with E-state index >= 15 is 0 Å². The lowest BCUT2D eigenvalue weighted by Crippen LogP contribution is -2.39. The Morgan fingerprint density at radius 3 is 2.43 bits per heavy atom. The number of rotatable bonds is 4. The topological polar surface area (TPSA) is 27.6 Å². The van der Waals surface area contributed by atoms with Gasteiger partial charge in [0.2, 0.25) is 0 Å². The molecule has 1 heterocycles. The van der Waals surface area contributed by atoms with E-state index in [0.717, 1.165) is 40.2 Å². The van der Waals surface area contributed by atoms with E-state index in [9.17, 15) is 0 Å². The van der Waals surface area contributed by atoms with Crippen molar-refractivity contribution in [3.05, 3.63) is 69.1 Å². The summed E-state index contributed by atoms with van der Waals surface area (Å²) in [5.41, 5.74) is 2.28. The number of anilines is 1. The first-order valence-corrected chi connectivity index (χ1v) is 9.06. The molecule has 0 unspecified atom stereocenters. The van der Waals surface area contributed by atoms with Gasteiger partial charge in [0.15, 0.2) is 5.96 Å². The summed E-state index contributed by atoms with van der Waals surface area (Å²) in [6, 6.07) is 16.4. The summed E-state index contributed by atoms with van der Waals surface area (Å²) in [5.74, 6) is 0.912. The first kappa shape index (κ1) is 16.3. The highest BCUT2D eigenvalue weighted by Crippen LogP contribution is 2.34. The molecule has 0 aromatic heterocycles. The fourth-order valence-corrected chi connectivity index (χ4v) is 3.88. The van der Waals surface area contributed by atoms with Crippen molar-refractivity contribution >= 4 is 49.6 Å². The predicted octanol–water partition coefficient (Wildman–Crippen LogP) is 4.69. The van der Waals surface area contributed by atoms with Crippen LogP contribution in [0, 0.1) is 0 Å². The van der Waals surface area contributed by atoms with E-state index in [2.05, 4.69) is 71.4 Å². The SMILES string of the molecule is Brc1cccc(Br)c1N(CC=Cc1ccccc1)C1=NCCN1. The Bertz CT molecular complexity index is 706. The third-order valence-electron chi connectivity index (χ3n) is 3.52. The second kappa shape index (κ2) is 7.79. The predicted molar refractivity (Wildman–Crippen MR) is 105 cm³/mol.